The van der Waals surface area contributed by atoms with Crippen LogP contribution in [0.1, 0.15) is 33.3 Å². The second kappa shape index (κ2) is 8.24. The number of nitrogens with zero attached hydrogens (tertiary/aromatic N) is 1. The average Bonchev–Trinajstić information content (AvgIpc) is 3.27. The quantitative estimate of drug-likeness (QED) is 0.362. The highest BCUT2D eigenvalue weighted by Crippen LogP contribution is 2.53. The number of carbonyl (C=O) groups excluding carboxylic acids is 1. The molecule has 1 atom stereocenters. The average molecular weight is 468 g/mol. The highest BCUT2D eigenvalue weighted by atomic mass is 16.5. The van der Waals surface area contributed by atoms with E-state index in [-0.39, 0.29) is 12.1 Å². The first-order valence-electron chi connectivity index (χ1n) is 11.6. The molecular formula is C29H25NO5. The van der Waals surface area contributed by atoms with Gasteiger partial charge in [0.15, 0.2) is 17.6 Å². The minimum absolute atomic E-state index is 0.361. The van der Waals surface area contributed by atoms with Crippen LogP contribution in [-0.2, 0) is 17.7 Å². The third-order valence-electron chi connectivity index (χ3n) is 6.91. The Labute approximate surface area is 203 Å². The van der Waals surface area contributed by atoms with Crippen LogP contribution in [-0.4, -0.2) is 31.9 Å². The minimum Gasteiger partial charge on any atom is -0.493 e. The van der Waals surface area contributed by atoms with Gasteiger partial charge in [0.1, 0.15) is 11.4 Å². The summed E-state index contributed by atoms with van der Waals surface area (Å²) in [6.45, 7) is 0.638. The monoisotopic (exact) mass is 467 g/mol. The Morgan fingerprint density at radius 1 is 0.914 bits per heavy atom. The maximum Gasteiger partial charge on any atom is 0.355 e. The van der Waals surface area contributed by atoms with Crippen LogP contribution in [0, 0.1) is 0 Å². The number of esters is 1. The van der Waals surface area contributed by atoms with Gasteiger partial charge >= 0.3 is 5.97 Å². The van der Waals surface area contributed by atoms with E-state index in [4.69, 9.17) is 18.9 Å². The van der Waals surface area contributed by atoms with Crippen molar-refractivity contribution in [1.29, 1.82) is 0 Å². The Balaban J connectivity index is 1.73. The van der Waals surface area contributed by atoms with Crippen molar-refractivity contribution >= 4 is 5.97 Å². The summed E-state index contributed by atoms with van der Waals surface area (Å²) in [6.07, 6.45) is 0.360. The van der Waals surface area contributed by atoms with E-state index >= 15 is 0 Å². The molecule has 2 aliphatic heterocycles. The summed E-state index contributed by atoms with van der Waals surface area (Å²) in [4.78, 5) is 13.3. The van der Waals surface area contributed by atoms with Crippen LogP contribution in [0.3, 0.4) is 0 Å². The molecule has 0 saturated carbocycles. The molecule has 2 aliphatic rings. The summed E-state index contributed by atoms with van der Waals surface area (Å²) in [5, 5.41) is 0. The maximum absolute atomic E-state index is 13.3. The van der Waals surface area contributed by atoms with Crippen LogP contribution in [0.25, 0.3) is 22.4 Å². The second-order valence-electron chi connectivity index (χ2n) is 8.65. The zero-order valence-electron chi connectivity index (χ0n) is 19.8. The van der Waals surface area contributed by atoms with E-state index in [1.54, 1.807) is 14.2 Å². The fourth-order valence-corrected chi connectivity index (χ4v) is 5.39. The largest absolute Gasteiger partial charge is 0.493 e. The lowest BCUT2D eigenvalue weighted by atomic mass is 9.87. The normalized spacial score (nSPS) is 15.1. The summed E-state index contributed by atoms with van der Waals surface area (Å²) in [5.41, 5.74) is 7.37. The van der Waals surface area contributed by atoms with Crippen LogP contribution >= 0.6 is 0 Å². The first kappa shape index (κ1) is 21.4. The van der Waals surface area contributed by atoms with Crippen molar-refractivity contribution in [1.82, 2.24) is 4.57 Å². The number of aromatic nitrogens is 1. The summed E-state index contributed by atoms with van der Waals surface area (Å²) < 4.78 is 25.2. The van der Waals surface area contributed by atoms with Gasteiger partial charge in [0.2, 0.25) is 0 Å². The number of hydrogen-bond donors (Lipinski definition) is 0. The van der Waals surface area contributed by atoms with Crippen molar-refractivity contribution < 1.29 is 23.7 Å². The van der Waals surface area contributed by atoms with Crippen molar-refractivity contribution in [3.8, 4) is 39.6 Å². The van der Waals surface area contributed by atoms with Crippen LogP contribution < -0.4 is 14.2 Å². The Morgan fingerprint density at radius 2 is 1.63 bits per heavy atom. The molecule has 6 nitrogen and oxygen atoms in total. The molecule has 3 aromatic carbocycles. The molecule has 0 bridgehead atoms. The van der Waals surface area contributed by atoms with E-state index in [0.717, 1.165) is 51.2 Å². The second-order valence-corrected chi connectivity index (χ2v) is 8.65. The fraction of sp³-hybridized carbons (Fsp3) is 0.207. The van der Waals surface area contributed by atoms with Gasteiger partial charge in [0, 0.05) is 28.8 Å². The summed E-state index contributed by atoms with van der Waals surface area (Å²) >= 11 is 0. The van der Waals surface area contributed by atoms with E-state index in [1.165, 1.54) is 7.11 Å². The van der Waals surface area contributed by atoms with Crippen LogP contribution in [0.2, 0.25) is 0 Å². The van der Waals surface area contributed by atoms with Gasteiger partial charge in [-0.1, -0.05) is 48.5 Å². The third kappa shape index (κ3) is 3.13. The molecule has 0 saturated heterocycles. The van der Waals surface area contributed by atoms with Gasteiger partial charge in [-0.25, -0.2) is 4.79 Å². The molecule has 1 aromatic heterocycles. The first-order chi connectivity index (χ1) is 17.2. The summed E-state index contributed by atoms with van der Waals surface area (Å²) in [5.74, 6) is 1.71. The SMILES string of the molecule is COC(=O)c1c2c(c3n1CCc1cc(OC)c(OC)cc1-3)C(c1ccccc1)Oc1ccccc1-2. The minimum atomic E-state index is -0.389. The molecule has 0 radical (unpaired) electrons. The number of methoxy groups -OCH3 is 3. The number of benzene rings is 3. The molecule has 3 heterocycles. The van der Waals surface area contributed by atoms with E-state index in [1.807, 2.05) is 54.6 Å². The smallest absolute Gasteiger partial charge is 0.355 e. The van der Waals surface area contributed by atoms with Gasteiger partial charge in [-0.2, -0.15) is 0 Å². The van der Waals surface area contributed by atoms with Gasteiger partial charge < -0.3 is 23.5 Å². The Kier molecular flexibility index (Phi) is 5.02. The van der Waals surface area contributed by atoms with Crippen molar-refractivity contribution in [2.45, 2.75) is 19.1 Å². The molecule has 0 fully saturated rings. The topological polar surface area (TPSA) is 58.9 Å². The molecule has 4 aromatic rings. The van der Waals surface area contributed by atoms with E-state index in [0.29, 0.717) is 23.7 Å². The number of hydrogen-bond acceptors (Lipinski definition) is 5. The summed E-state index contributed by atoms with van der Waals surface area (Å²) in [6, 6.07) is 22.0. The van der Waals surface area contributed by atoms with Crippen LogP contribution in [0.5, 0.6) is 17.2 Å². The molecule has 6 heteroatoms. The zero-order valence-corrected chi connectivity index (χ0v) is 19.8. The van der Waals surface area contributed by atoms with Gasteiger partial charge in [-0.3, -0.25) is 0 Å². The predicted octanol–water partition coefficient (Wildman–Crippen LogP) is 5.66. The molecule has 35 heavy (non-hydrogen) atoms. The Morgan fingerprint density at radius 3 is 2.37 bits per heavy atom. The Hall–Kier alpha value is -4.19. The Bertz CT molecular complexity index is 1450. The molecule has 6 rings (SSSR count). The molecule has 0 spiro atoms. The molecule has 0 N–H and O–H groups in total. The van der Waals surface area contributed by atoms with Gasteiger partial charge in [0.25, 0.3) is 0 Å². The number of aryl methyl sites for hydroxylation is 1. The number of rotatable bonds is 4. The maximum atomic E-state index is 13.3. The summed E-state index contributed by atoms with van der Waals surface area (Å²) in [7, 11) is 4.70. The first-order valence-corrected chi connectivity index (χ1v) is 11.6. The highest BCUT2D eigenvalue weighted by molar-refractivity contribution is 6.02. The number of ether oxygens (including phenoxy) is 4. The predicted molar refractivity (Wildman–Crippen MR) is 132 cm³/mol. The van der Waals surface area contributed by atoms with Crippen LogP contribution in [0.15, 0.2) is 66.7 Å². The number of fused-ring (bicyclic) bond motifs is 7. The lowest BCUT2D eigenvalue weighted by molar-refractivity contribution is 0.0589. The van der Waals surface area contributed by atoms with Crippen molar-refractivity contribution in [3.05, 3.63) is 89.1 Å². The lowest BCUT2D eigenvalue weighted by Crippen LogP contribution is -2.18. The lowest BCUT2D eigenvalue weighted by Gasteiger charge is -2.29. The third-order valence-corrected chi connectivity index (χ3v) is 6.91. The van der Waals surface area contributed by atoms with Gasteiger partial charge in [-0.15, -0.1) is 0 Å². The molecular weight excluding hydrogens is 442 g/mol. The molecule has 1 unspecified atom stereocenters. The molecule has 0 amide bonds. The van der Waals surface area contributed by atoms with Crippen molar-refractivity contribution in [3.63, 3.8) is 0 Å². The molecule has 0 aliphatic carbocycles. The van der Waals surface area contributed by atoms with Gasteiger partial charge in [0.05, 0.1) is 27.0 Å². The highest BCUT2D eigenvalue weighted by Gasteiger charge is 2.40. The van der Waals surface area contributed by atoms with E-state index in [9.17, 15) is 4.79 Å². The fourth-order valence-electron chi connectivity index (χ4n) is 5.39. The van der Waals surface area contributed by atoms with Crippen molar-refractivity contribution in [2.24, 2.45) is 0 Å². The standard InChI is InChI=1S/C29H25NO5/c1-32-22-15-18-13-14-30-26(20(18)16-23(22)33-2)25-24(27(30)29(31)34-3)19-11-7-8-12-21(19)35-28(25)17-9-5-4-6-10-17/h4-12,15-16,28H,13-14H2,1-3H3. The van der Waals surface area contributed by atoms with Crippen LogP contribution in [0.4, 0.5) is 0 Å². The zero-order chi connectivity index (χ0) is 24.1. The molecule has 176 valence electrons. The number of carbonyl (C=O) groups is 1. The van der Waals surface area contributed by atoms with Gasteiger partial charge in [-0.05, 0) is 35.7 Å². The van der Waals surface area contributed by atoms with E-state index < -0.39 is 0 Å². The number of para-hydroxylation sites is 1. The van der Waals surface area contributed by atoms with Crippen molar-refractivity contribution in [2.75, 3.05) is 21.3 Å². The van der Waals surface area contributed by atoms with E-state index in [2.05, 4.69) is 16.7 Å².